The van der Waals surface area contributed by atoms with Crippen LogP contribution in [-0.4, -0.2) is 34.3 Å². The Labute approximate surface area is 199 Å². The first-order chi connectivity index (χ1) is 15.8. The molecule has 0 unspecified atom stereocenters. The van der Waals surface area contributed by atoms with Crippen LogP contribution in [0.15, 0.2) is 48.7 Å². The highest BCUT2D eigenvalue weighted by molar-refractivity contribution is 7.80. The fourth-order valence-electron chi connectivity index (χ4n) is 4.39. The molecular formula is C25H29N5O2S. The third-order valence-electron chi connectivity index (χ3n) is 6.27. The zero-order valence-electron chi connectivity index (χ0n) is 19.5. The number of anilines is 2. The van der Waals surface area contributed by atoms with E-state index in [1.807, 2.05) is 43.5 Å². The summed E-state index contributed by atoms with van der Waals surface area (Å²) in [4.78, 5) is 18.8. The lowest BCUT2D eigenvalue weighted by Crippen LogP contribution is -2.29. The molecule has 2 atom stereocenters. The lowest BCUT2D eigenvalue weighted by Gasteiger charge is -2.28. The quantitative estimate of drug-likeness (QED) is 0.536. The van der Waals surface area contributed by atoms with Crippen molar-refractivity contribution in [2.24, 2.45) is 7.05 Å². The number of benzene rings is 1. The molecule has 3 aromatic rings. The predicted molar refractivity (Wildman–Crippen MR) is 135 cm³/mol. The number of pyridine rings is 1. The maximum atomic E-state index is 12.0. The van der Waals surface area contributed by atoms with Gasteiger partial charge in [0.05, 0.1) is 17.8 Å². The van der Waals surface area contributed by atoms with E-state index in [4.69, 9.17) is 17.0 Å². The van der Waals surface area contributed by atoms with E-state index in [-0.39, 0.29) is 24.6 Å². The number of carbonyl (C=O) groups excluding carboxylic acids is 1. The van der Waals surface area contributed by atoms with Gasteiger partial charge in [0.2, 0.25) is 5.91 Å². The second-order valence-corrected chi connectivity index (χ2v) is 8.75. The van der Waals surface area contributed by atoms with Gasteiger partial charge in [-0.3, -0.25) is 9.78 Å². The number of nitrogens with one attached hydrogen (secondary N) is 2. The molecular weight excluding hydrogens is 434 g/mol. The Kier molecular flexibility index (Phi) is 6.49. The average molecular weight is 464 g/mol. The number of aryl methyl sites for hydroxylation is 2. The van der Waals surface area contributed by atoms with Gasteiger partial charge in [-0.2, -0.15) is 0 Å². The smallest absolute Gasteiger partial charge is 0.250 e. The highest BCUT2D eigenvalue weighted by Crippen LogP contribution is 2.43. The highest BCUT2D eigenvalue weighted by Gasteiger charge is 2.42. The Morgan fingerprint density at radius 2 is 2.00 bits per heavy atom. The maximum absolute atomic E-state index is 12.0. The van der Waals surface area contributed by atoms with Crippen LogP contribution in [0.2, 0.25) is 0 Å². The van der Waals surface area contributed by atoms with Crippen molar-refractivity contribution < 1.29 is 9.53 Å². The largest absolute Gasteiger partial charge is 0.375 e. The predicted octanol–water partition coefficient (Wildman–Crippen LogP) is 4.11. The number of hydrogen-bond donors (Lipinski definition) is 2. The van der Waals surface area contributed by atoms with Gasteiger partial charge in [-0.25, -0.2) is 0 Å². The van der Waals surface area contributed by atoms with Gasteiger partial charge in [0.1, 0.15) is 6.61 Å². The topological polar surface area (TPSA) is 71.4 Å². The Hall–Kier alpha value is -3.23. The molecule has 1 fully saturated rings. The van der Waals surface area contributed by atoms with Crippen LogP contribution in [0.5, 0.6) is 0 Å². The number of methoxy groups -OCH3 is 1. The summed E-state index contributed by atoms with van der Waals surface area (Å²) in [7, 11) is 3.58. The fraction of sp³-hybridized carbons (Fsp3) is 0.320. The lowest BCUT2D eigenvalue weighted by atomic mass is 9.96. The summed E-state index contributed by atoms with van der Waals surface area (Å²) in [6, 6.07) is 14.0. The zero-order chi connectivity index (χ0) is 23.7. The summed E-state index contributed by atoms with van der Waals surface area (Å²) in [5, 5.41) is 7.04. The molecule has 1 aliphatic heterocycles. The summed E-state index contributed by atoms with van der Waals surface area (Å²) in [6.07, 6.45) is 1.81. The highest BCUT2D eigenvalue weighted by atomic mass is 32.1. The van der Waals surface area contributed by atoms with Gasteiger partial charge >= 0.3 is 0 Å². The number of hydrogen-bond acceptors (Lipinski definition) is 4. The standard InChI is InChI=1S/C25H29N5O2S/c1-15-12-18(9-10-20(15)27-22(31)14-32-5)30-24(19-13-16(2)29(4)17(19)3)23(28-25(30)33)21-8-6-7-11-26-21/h6-13,23-24H,14H2,1-5H3,(H,27,31)(H,28,33)/t23-,24+/m0/s1. The minimum absolute atomic E-state index is 0.0157. The van der Waals surface area contributed by atoms with Gasteiger partial charge < -0.3 is 24.8 Å². The van der Waals surface area contributed by atoms with Crippen LogP contribution in [0.3, 0.4) is 0 Å². The SMILES string of the molecule is COCC(=O)Nc1ccc(N2C(=S)N[C@@H](c3ccccn3)[C@H]2c2cc(C)n(C)c2C)cc1C. The number of carbonyl (C=O) groups is 1. The maximum Gasteiger partial charge on any atom is 0.250 e. The van der Waals surface area contributed by atoms with E-state index in [2.05, 4.69) is 58.1 Å². The molecule has 0 radical (unpaired) electrons. The molecule has 0 bridgehead atoms. The van der Waals surface area contributed by atoms with E-state index < -0.39 is 0 Å². The fourth-order valence-corrected chi connectivity index (χ4v) is 4.73. The van der Waals surface area contributed by atoms with Gasteiger partial charge in [0.15, 0.2) is 5.11 Å². The molecule has 1 amide bonds. The number of rotatable bonds is 6. The molecule has 4 rings (SSSR count). The molecule has 172 valence electrons. The third kappa shape index (κ3) is 4.36. The third-order valence-corrected chi connectivity index (χ3v) is 6.58. The second-order valence-electron chi connectivity index (χ2n) is 8.36. The summed E-state index contributed by atoms with van der Waals surface area (Å²) < 4.78 is 7.12. The molecule has 7 nitrogen and oxygen atoms in total. The van der Waals surface area contributed by atoms with Crippen molar-refractivity contribution in [2.45, 2.75) is 32.9 Å². The first-order valence-corrected chi connectivity index (χ1v) is 11.3. The van der Waals surface area contributed by atoms with Crippen LogP contribution in [0.25, 0.3) is 0 Å². The van der Waals surface area contributed by atoms with Gasteiger partial charge in [-0.15, -0.1) is 0 Å². The number of thiocarbonyl (C=S) groups is 1. The summed E-state index contributed by atoms with van der Waals surface area (Å²) in [6.45, 7) is 6.24. The molecule has 2 aromatic heterocycles. The van der Waals surface area contributed by atoms with Crippen LogP contribution < -0.4 is 15.5 Å². The zero-order valence-corrected chi connectivity index (χ0v) is 20.4. The molecule has 2 N–H and O–H groups in total. The number of aromatic nitrogens is 2. The van der Waals surface area contributed by atoms with Crippen molar-refractivity contribution in [2.75, 3.05) is 23.9 Å². The Bertz CT molecular complexity index is 1190. The van der Waals surface area contributed by atoms with Crippen LogP contribution in [0, 0.1) is 20.8 Å². The Morgan fingerprint density at radius 3 is 2.61 bits per heavy atom. The second kappa shape index (κ2) is 9.33. The van der Waals surface area contributed by atoms with E-state index in [9.17, 15) is 4.79 Å². The first-order valence-electron chi connectivity index (χ1n) is 10.8. The van der Waals surface area contributed by atoms with Gasteiger partial charge in [0.25, 0.3) is 0 Å². The van der Waals surface area contributed by atoms with Crippen molar-refractivity contribution in [3.63, 3.8) is 0 Å². The molecule has 0 aliphatic carbocycles. The van der Waals surface area contributed by atoms with E-state index >= 15 is 0 Å². The van der Waals surface area contributed by atoms with Crippen LogP contribution in [0.4, 0.5) is 11.4 Å². The normalized spacial score (nSPS) is 17.8. The van der Waals surface area contributed by atoms with E-state index in [1.54, 1.807) is 0 Å². The summed E-state index contributed by atoms with van der Waals surface area (Å²) in [5.74, 6) is -0.185. The van der Waals surface area contributed by atoms with E-state index in [0.29, 0.717) is 5.11 Å². The van der Waals surface area contributed by atoms with Gasteiger partial charge in [0, 0.05) is 43.1 Å². The number of ether oxygens (including phenoxy) is 1. The van der Waals surface area contributed by atoms with Crippen LogP contribution in [0.1, 0.15) is 40.3 Å². The first kappa shape index (κ1) is 22.9. The molecule has 3 heterocycles. The Balaban J connectivity index is 1.77. The molecule has 8 heteroatoms. The molecule has 1 aromatic carbocycles. The van der Waals surface area contributed by atoms with Gasteiger partial charge in [-0.1, -0.05) is 6.07 Å². The van der Waals surface area contributed by atoms with Crippen molar-refractivity contribution in [1.82, 2.24) is 14.9 Å². The van der Waals surface area contributed by atoms with Crippen molar-refractivity contribution in [3.8, 4) is 0 Å². The summed E-state index contributed by atoms with van der Waals surface area (Å²) >= 11 is 5.83. The van der Waals surface area contributed by atoms with Crippen molar-refractivity contribution >= 4 is 34.6 Å². The monoisotopic (exact) mass is 463 g/mol. The minimum atomic E-state index is -0.185. The lowest BCUT2D eigenvalue weighted by molar-refractivity contribution is -0.119. The van der Waals surface area contributed by atoms with Crippen molar-refractivity contribution in [1.29, 1.82) is 0 Å². The Morgan fingerprint density at radius 1 is 1.21 bits per heavy atom. The average Bonchev–Trinajstić information content (AvgIpc) is 3.27. The molecule has 1 saturated heterocycles. The van der Waals surface area contributed by atoms with Crippen LogP contribution in [-0.2, 0) is 16.6 Å². The van der Waals surface area contributed by atoms with Crippen LogP contribution >= 0.6 is 12.2 Å². The van der Waals surface area contributed by atoms with E-state index in [1.165, 1.54) is 24.1 Å². The molecule has 0 spiro atoms. The van der Waals surface area contributed by atoms with Crippen molar-refractivity contribution in [3.05, 3.63) is 76.9 Å². The molecule has 33 heavy (non-hydrogen) atoms. The minimum Gasteiger partial charge on any atom is -0.375 e. The molecule has 0 saturated carbocycles. The van der Waals surface area contributed by atoms with Gasteiger partial charge in [-0.05, 0) is 80.5 Å². The number of amides is 1. The van der Waals surface area contributed by atoms with E-state index in [0.717, 1.165) is 22.6 Å². The molecule has 1 aliphatic rings. The summed E-state index contributed by atoms with van der Waals surface area (Å²) in [5.41, 5.74) is 7.17. The number of nitrogens with zero attached hydrogens (tertiary/aromatic N) is 3.